The first-order valence-corrected chi connectivity index (χ1v) is 7.60. The zero-order valence-electron chi connectivity index (χ0n) is 12.1. The van der Waals surface area contributed by atoms with E-state index in [4.69, 9.17) is 53.8 Å². The third-order valence-corrected chi connectivity index (χ3v) is 3.35. The second-order valence-electron chi connectivity index (χ2n) is 4.73. The van der Waals surface area contributed by atoms with Crippen molar-refractivity contribution in [3.8, 4) is 0 Å². The number of allylic oxidation sites excluding steroid dienone is 1. The van der Waals surface area contributed by atoms with Crippen LogP contribution in [-0.2, 0) is 28.5 Å². The van der Waals surface area contributed by atoms with Crippen LogP contribution in [0.3, 0.4) is 0 Å². The molecular weight excluding hydrogens is 358 g/mol. The highest BCUT2D eigenvalue weighted by Crippen LogP contribution is 2.36. The molecule has 1 rings (SSSR count). The summed E-state index contributed by atoms with van der Waals surface area (Å²) in [5.74, 6) is -0.990. The number of halogens is 3. The van der Waals surface area contributed by atoms with Crippen LogP contribution < -0.4 is 0 Å². The lowest BCUT2D eigenvalue weighted by molar-refractivity contribution is -0.216. The van der Waals surface area contributed by atoms with Crippen molar-refractivity contribution < 1.29 is 28.5 Å². The van der Waals surface area contributed by atoms with Gasteiger partial charge in [0.2, 0.25) is 10.1 Å². The molecule has 3 atom stereocenters. The Morgan fingerprint density at radius 1 is 1.18 bits per heavy atom. The van der Waals surface area contributed by atoms with E-state index in [0.717, 1.165) is 0 Å². The van der Waals surface area contributed by atoms with Crippen LogP contribution in [0.15, 0.2) is 12.3 Å². The number of ether oxygens (including phenoxy) is 4. The minimum atomic E-state index is -1.80. The maximum Gasteiger partial charge on any atom is 0.302 e. The van der Waals surface area contributed by atoms with Gasteiger partial charge in [-0.25, -0.2) is 0 Å². The predicted octanol–water partition coefficient (Wildman–Crippen LogP) is 2.89. The Kier molecular flexibility index (Phi) is 7.25. The third kappa shape index (κ3) is 7.05. The fourth-order valence-corrected chi connectivity index (χ4v) is 2.01. The van der Waals surface area contributed by atoms with Crippen molar-refractivity contribution in [3.05, 3.63) is 12.3 Å². The fraction of sp³-hybridized carbons (Fsp3) is 0.692. The number of hydrogen-bond acceptors (Lipinski definition) is 6. The van der Waals surface area contributed by atoms with Gasteiger partial charge in [0.15, 0.2) is 0 Å². The van der Waals surface area contributed by atoms with Crippen LogP contribution in [0, 0.1) is 0 Å². The number of hydrogen-bond donors (Lipinski definition) is 0. The van der Waals surface area contributed by atoms with Crippen molar-refractivity contribution in [2.24, 2.45) is 0 Å². The lowest BCUT2D eigenvalue weighted by atomic mass is 10.1. The summed E-state index contributed by atoms with van der Waals surface area (Å²) in [6.45, 7) is 6.10. The van der Waals surface area contributed by atoms with Crippen LogP contribution in [0.2, 0.25) is 0 Å². The molecule has 22 heavy (non-hydrogen) atoms. The highest BCUT2D eigenvalue weighted by Gasteiger charge is 2.36. The highest BCUT2D eigenvalue weighted by molar-refractivity contribution is 6.69. The second kappa shape index (κ2) is 8.24. The van der Waals surface area contributed by atoms with Crippen molar-refractivity contribution in [1.29, 1.82) is 0 Å². The van der Waals surface area contributed by atoms with Crippen LogP contribution in [0.5, 0.6) is 0 Å². The van der Waals surface area contributed by atoms with Gasteiger partial charge in [-0.05, 0) is 0 Å². The van der Waals surface area contributed by atoms with E-state index >= 15 is 0 Å². The summed E-state index contributed by atoms with van der Waals surface area (Å²) in [5.41, 5.74) is 0. The number of rotatable bonds is 5. The second-order valence-corrected chi connectivity index (χ2v) is 7.01. The Bertz CT molecular complexity index is 434. The standard InChI is InChI=1S/C13H17Cl3O6/c1-7(13(14,15)16)20-12-5-10(21-9(3)18)4-11(22-12)6-19-8(2)17/h10-12H,1,4-6H2,2-3H3/t10-,11-,12?/m0/s1. The molecule has 0 spiro atoms. The van der Waals surface area contributed by atoms with Gasteiger partial charge in [-0.1, -0.05) is 41.4 Å². The normalized spacial score (nSPS) is 25.2. The van der Waals surface area contributed by atoms with Crippen LogP contribution >= 0.6 is 34.8 Å². The van der Waals surface area contributed by atoms with E-state index < -0.39 is 34.2 Å². The third-order valence-electron chi connectivity index (χ3n) is 2.72. The van der Waals surface area contributed by atoms with Crippen LogP contribution in [-0.4, -0.2) is 40.8 Å². The van der Waals surface area contributed by atoms with E-state index in [9.17, 15) is 9.59 Å². The quantitative estimate of drug-likeness (QED) is 0.418. The van der Waals surface area contributed by atoms with Gasteiger partial charge in [-0.15, -0.1) is 0 Å². The van der Waals surface area contributed by atoms with Crippen molar-refractivity contribution in [2.45, 2.75) is 49.0 Å². The summed E-state index contributed by atoms with van der Waals surface area (Å²) < 4.78 is 19.2. The molecule has 1 unspecified atom stereocenters. The maximum absolute atomic E-state index is 11.1. The lowest BCUT2D eigenvalue weighted by Gasteiger charge is -2.35. The molecule has 9 heteroatoms. The SMILES string of the molecule is C=C(OC1C[C@@H](OC(C)=O)C[C@@H](COC(C)=O)O1)C(Cl)(Cl)Cl. The molecule has 1 saturated heterocycles. The molecule has 6 nitrogen and oxygen atoms in total. The van der Waals surface area contributed by atoms with Gasteiger partial charge in [0.25, 0.3) is 0 Å². The van der Waals surface area contributed by atoms with Crippen LogP contribution in [0.1, 0.15) is 26.7 Å². The molecule has 0 bridgehead atoms. The zero-order chi connectivity index (χ0) is 16.9. The molecule has 0 amide bonds. The molecule has 0 aliphatic carbocycles. The molecule has 1 heterocycles. The van der Waals surface area contributed by atoms with Gasteiger partial charge in [0.1, 0.15) is 18.5 Å². The Morgan fingerprint density at radius 2 is 1.82 bits per heavy atom. The van der Waals surface area contributed by atoms with Gasteiger partial charge < -0.3 is 18.9 Å². The maximum atomic E-state index is 11.1. The van der Waals surface area contributed by atoms with Gasteiger partial charge >= 0.3 is 11.9 Å². The summed E-state index contributed by atoms with van der Waals surface area (Å²) >= 11 is 17.0. The van der Waals surface area contributed by atoms with E-state index in [1.165, 1.54) is 13.8 Å². The average Bonchev–Trinajstić information content (AvgIpc) is 2.34. The first kappa shape index (κ1) is 19.4. The van der Waals surface area contributed by atoms with Crippen molar-refractivity contribution in [2.75, 3.05) is 6.61 Å². The Balaban J connectivity index is 2.67. The lowest BCUT2D eigenvalue weighted by Crippen LogP contribution is -2.41. The minimum Gasteiger partial charge on any atom is -0.465 e. The molecule has 1 fully saturated rings. The van der Waals surface area contributed by atoms with Crippen LogP contribution in [0.25, 0.3) is 0 Å². The largest absolute Gasteiger partial charge is 0.465 e. The van der Waals surface area contributed by atoms with E-state index in [1.54, 1.807) is 0 Å². The van der Waals surface area contributed by atoms with E-state index in [-0.39, 0.29) is 18.8 Å². The van der Waals surface area contributed by atoms with Gasteiger partial charge in [0.05, 0.1) is 6.10 Å². The van der Waals surface area contributed by atoms with E-state index in [0.29, 0.717) is 6.42 Å². The molecule has 0 aromatic heterocycles. The van der Waals surface area contributed by atoms with Crippen molar-refractivity contribution in [3.63, 3.8) is 0 Å². The molecule has 0 radical (unpaired) electrons. The van der Waals surface area contributed by atoms with E-state index in [2.05, 4.69) is 6.58 Å². The topological polar surface area (TPSA) is 71.1 Å². The zero-order valence-corrected chi connectivity index (χ0v) is 14.4. The number of alkyl halides is 3. The van der Waals surface area contributed by atoms with Gasteiger partial charge in [-0.2, -0.15) is 0 Å². The average molecular weight is 376 g/mol. The van der Waals surface area contributed by atoms with Crippen molar-refractivity contribution >= 4 is 46.7 Å². The fourth-order valence-electron chi connectivity index (χ4n) is 1.88. The first-order chi connectivity index (χ1) is 10.1. The Labute approximate surface area is 143 Å². The summed E-state index contributed by atoms with van der Waals surface area (Å²) in [6.07, 6.45) is -1.18. The molecule has 0 aromatic rings. The summed E-state index contributed by atoms with van der Waals surface area (Å²) in [4.78, 5) is 22.0. The molecular formula is C13H17Cl3O6. The highest BCUT2D eigenvalue weighted by atomic mass is 35.6. The van der Waals surface area contributed by atoms with Gasteiger partial charge in [0, 0.05) is 26.7 Å². The molecule has 0 aromatic carbocycles. The summed E-state index contributed by atoms with van der Waals surface area (Å²) in [6, 6.07) is 0. The molecule has 126 valence electrons. The molecule has 1 aliphatic heterocycles. The Morgan fingerprint density at radius 3 is 2.32 bits per heavy atom. The smallest absolute Gasteiger partial charge is 0.302 e. The summed E-state index contributed by atoms with van der Waals surface area (Å²) in [5, 5.41) is 0. The predicted molar refractivity (Wildman–Crippen MR) is 80.6 cm³/mol. The Hall–Kier alpha value is -0.690. The number of carbonyl (C=O) groups is 2. The number of esters is 2. The van der Waals surface area contributed by atoms with E-state index in [1.807, 2.05) is 0 Å². The first-order valence-electron chi connectivity index (χ1n) is 6.46. The number of carbonyl (C=O) groups excluding carboxylic acids is 2. The van der Waals surface area contributed by atoms with Crippen molar-refractivity contribution in [1.82, 2.24) is 0 Å². The monoisotopic (exact) mass is 374 g/mol. The molecule has 0 N–H and O–H groups in total. The van der Waals surface area contributed by atoms with Gasteiger partial charge in [-0.3, -0.25) is 9.59 Å². The molecule has 0 saturated carbocycles. The molecule has 1 aliphatic rings. The summed E-state index contributed by atoms with van der Waals surface area (Å²) in [7, 11) is 0. The van der Waals surface area contributed by atoms with Crippen LogP contribution in [0.4, 0.5) is 0 Å². The minimum absolute atomic E-state index is 0.00714.